The van der Waals surface area contributed by atoms with E-state index in [0.29, 0.717) is 28.7 Å². The van der Waals surface area contributed by atoms with E-state index >= 15 is 0 Å². The van der Waals surface area contributed by atoms with E-state index in [1.54, 1.807) is 17.3 Å². The van der Waals surface area contributed by atoms with Crippen LogP contribution in [0.3, 0.4) is 0 Å². The molecule has 25 heavy (non-hydrogen) atoms. The average Bonchev–Trinajstić information content (AvgIpc) is 2.94. The summed E-state index contributed by atoms with van der Waals surface area (Å²) in [4.78, 5) is 18.6. The van der Waals surface area contributed by atoms with E-state index in [2.05, 4.69) is 4.98 Å². The number of carbonyl (C=O) groups excluding carboxylic acids is 1. The Morgan fingerprint density at radius 2 is 1.68 bits per heavy atom. The summed E-state index contributed by atoms with van der Waals surface area (Å²) in [6.07, 6.45) is 3.49. The second-order valence-electron chi connectivity index (χ2n) is 6.02. The first kappa shape index (κ1) is 16.1. The second-order valence-corrected chi connectivity index (χ2v) is 6.86. The number of benzene rings is 2. The van der Waals surface area contributed by atoms with Gasteiger partial charge in [-0.15, -0.1) is 0 Å². The summed E-state index contributed by atoms with van der Waals surface area (Å²) in [6, 6.07) is 15.3. The van der Waals surface area contributed by atoms with Gasteiger partial charge in [0.05, 0.1) is 10.6 Å². The number of fused-ring (bicyclic) bond motifs is 1. The van der Waals surface area contributed by atoms with E-state index in [0.717, 1.165) is 22.3 Å². The smallest absolute Gasteiger partial charge is 0.256 e. The molecule has 0 spiro atoms. The molecule has 0 aliphatic carbocycles. The fourth-order valence-electron chi connectivity index (χ4n) is 3.11. The van der Waals surface area contributed by atoms with E-state index in [-0.39, 0.29) is 5.91 Å². The molecule has 0 N–H and O–H groups in total. The third-order valence-corrected chi connectivity index (χ3v) is 4.88. The van der Waals surface area contributed by atoms with Crippen molar-refractivity contribution in [3.63, 3.8) is 0 Å². The predicted molar refractivity (Wildman–Crippen MR) is 99.7 cm³/mol. The zero-order valence-corrected chi connectivity index (χ0v) is 14.8. The van der Waals surface area contributed by atoms with E-state index in [9.17, 15) is 4.79 Å². The number of halogens is 2. The maximum atomic E-state index is 12.7. The average molecular weight is 369 g/mol. The Balaban J connectivity index is 1.64. The third kappa shape index (κ3) is 3.13. The molecular formula is C20H14Cl2N2O. The molecule has 0 atom stereocenters. The van der Waals surface area contributed by atoms with E-state index in [1.165, 1.54) is 0 Å². The summed E-state index contributed by atoms with van der Waals surface area (Å²) in [5.41, 5.74) is 4.62. The topological polar surface area (TPSA) is 33.2 Å². The molecule has 3 aromatic rings. The van der Waals surface area contributed by atoms with Crippen molar-refractivity contribution < 1.29 is 4.79 Å². The highest BCUT2D eigenvalue weighted by Gasteiger charge is 2.30. The van der Waals surface area contributed by atoms with Gasteiger partial charge in [-0.25, -0.2) is 0 Å². The van der Waals surface area contributed by atoms with Crippen LogP contribution in [-0.2, 0) is 13.1 Å². The fraction of sp³-hybridized carbons (Fsp3) is 0.100. The Bertz CT molecular complexity index is 940. The first-order chi connectivity index (χ1) is 12.1. The molecule has 0 saturated carbocycles. The van der Waals surface area contributed by atoms with Gasteiger partial charge in [0.25, 0.3) is 5.91 Å². The van der Waals surface area contributed by atoms with Gasteiger partial charge in [0.15, 0.2) is 0 Å². The number of hydrogen-bond acceptors (Lipinski definition) is 2. The van der Waals surface area contributed by atoms with Crippen LogP contribution in [0.2, 0.25) is 10.0 Å². The predicted octanol–water partition coefficient (Wildman–Crippen LogP) is 5.21. The van der Waals surface area contributed by atoms with Crippen molar-refractivity contribution in [2.24, 2.45) is 0 Å². The second kappa shape index (κ2) is 6.51. The molecule has 1 aromatic heterocycles. The van der Waals surface area contributed by atoms with Crippen molar-refractivity contribution in [3.8, 4) is 11.1 Å². The molecular weight excluding hydrogens is 355 g/mol. The van der Waals surface area contributed by atoms with Crippen molar-refractivity contribution in [3.05, 3.63) is 87.7 Å². The maximum Gasteiger partial charge on any atom is 0.256 e. The number of nitrogens with zero attached hydrogens (tertiary/aromatic N) is 2. The van der Waals surface area contributed by atoms with Crippen molar-refractivity contribution >= 4 is 29.1 Å². The van der Waals surface area contributed by atoms with Crippen molar-refractivity contribution in [2.75, 3.05) is 0 Å². The minimum Gasteiger partial charge on any atom is -0.330 e. The van der Waals surface area contributed by atoms with Crippen LogP contribution in [0.5, 0.6) is 0 Å². The van der Waals surface area contributed by atoms with Gasteiger partial charge in [-0.2, -0.15) is 0 Å². The van der Waals surface area contributed by atoms with Crippen LogP contribution in [0.15, 0.2) is 60.9 Å². The molecule has 2 aromatic carbocycles. The quantitative estimate of drug-likeness (QED) is 0.635. The molecule has 0 radical (unpaired) electrons. The lowest BCUT2D eigenvalue weighted by Crippen LogP contribution is -2.23. The molecule has 0 unspecified atom stereocenters. The van der Waals surface area contributed by atoms with Gasteiger partial charge in [0.1, 0.15) is 0 Å². The van der Waals surface area contributed by atoms with E-state index in [4.69, 9.17) is 23.2 Å². The Kier molecular flexibility index (Phi) is 4.20. The summed E-state index contributed by atoms with van der Waals surface area (Å²) in [5, 5.41) is 1.18. The molecule has 0 fully saturated rings. The third-order valence-electron chi connectivity index (χ3n) is 4.33. The summed E-state index contributed by atoms with van der Waals surface area (Å²) >= 11 is 12.4. The van der Waals surface area contributed by atoms with Gasteiger partial charge >= 0.3 is 0 Å². The van der Waals surface area contributed by atoms with Crippen LogP contribution in [-0.4, -0.2) is 15.8 Å². The molecule has 1 amide bonds. The van der Waals surface area contributed by atoms with Gasteiger partial charge in [-0.05, 0) is 58.7 Å². The van der Waals surface area contributed by atoms with E-state index in [1.807, 2.05) is 48.5 Å². The number of rotatable bonds is 3. The lowest BCUT2D eigenvalue weighted by atomic mass is 10.0. The van der Waals surface area contributed by atoms with Crippen molar-refractivity contribution in [1.29, 1.82) is 0 Å². The Hall–Kier alpha value is -2.36. The molecule has 2 heterocycles. The summed E-state index contributed by atoms with van der Waals surface area (Å²) < 4.78 is 0. The normalized spacial score (nSPS) is 13.2. The standard InChI is InChI=1S/C20H14Cl2N2O/c21-17-3-1-13(2-4-17)11-24-12-16-9-15(14-5-7-23-8-6-14)10-18(22)19(16)20(24)25/h1-10H,11-12H2. The summed E-state index contributed by atoms with van der Waals surface area (Å²) in [5.74, 6) is -0.0313. The SMILES string of the molecule is O=C1c2c(Cl)cc(-c3ccncc3)cc2CN1Cc1ccc(Cl)cc1. The van der Waals surface area contributed by atoms with Crippen LogP contribution < -0.4 is 0 Å². The Morgan fingerprint density at radius 3 is 2.40 bits per heavy atom. The highest BCUT2D eigenvalue weighted by atomic mass is 35.5. The number of hydrogen-bond donors (Lipinski definition) is 0. The zero-order valence-electron chi connectivity index (χ0n) is 13.2. The maximum absolute atomic E-state index is 12.7. The van der Waals surface area contributed by atoms with E-state index < -0.39 is 0 Å². The molecule has 5 heteroatoms. The van der Waals surface area contributed by atoms with Crippen molar-refractivity contribution in [2.45, 2.75) is 13.1 Å². The van der Waals surface area contributed by atoms with Crippen LogP contribution in [0.4, 0.5) is 0 Å². The first-order valence-corrected chi connectivity index (χ1v) is 8.64. The highest BCUT2D eigenvalue weighted by molar-refractivity contribution is 6.34. The first-order valence-electron chi connectivity index (χ1n) is 7.88. The van der Waals surface area contributed by atoms with Crippen LogP contribution in [0.25, 0.3) is 11.1 Å². The summed E-state index contributed by atoms with van der Waals surface area (Å²) in [6.45, 7) is 1.08. The van der Waals surface area contributed by atoms with Crippen LogP contribution in [0.1, 0.15) is 21.5 Å². The Labute approximate surface area is 155 Å². The molecule has 1 aliphatic rings. The lowest BCUT2D eigenvalue weighted by Gasteiger charge is -2.15. The monoisotopic (exact) mass is 368 g/mol. The lowest BCUT2D eigenvalue weighted by molar-refractivity contribution is 0.0767. The Morgan fingerprint density at radius 1 is 0.960 bits per heavy atom. The van der Waals surface area contributed by atoms with Gasteiger partial charge < -0.3 is 4.90 Å². The number of aromatic nitrogens is 1. The van der Waals surface area contributed by atoms with Gasteiger partial charge in [-0.3, -0.25) is 9.78 Å². The van der Waals surface area contributed by atoms with Crippen LogP contribution in [0, 0.1) is 0 Å². The molecule has 124 valence electrons. The zero-order chi connectivity index (χ0) is 17.4. The van der Waals surface area contributed by atoms with Crippen LogP contribution >= 0.6 is 23.2 Å². The van der Waals surface area contributed by atoms with Gasteiger partial charge in [-0.1, -0.05) is 35.3 Å². The molecule has 1 aliphatic heterocycles. The molecule has 0 saturated heterocycles. The molecule has 3 nitrogen and oxygen atoms in total. The molecule has 4 rings (SSSR count). The number of amides is 1. The number of carbonyl (C=O) groups is 1. The minimum absolute atomic E-state index is 0.0313. The fourth-order valence-corrected chi connectivity index (χ4v) is 3.56. The van der Waals surface area contributed by atoms with Crippen molar-refractivity contribution in [1.82, 2.24) is 9.88 Å². The molecule has 0 bridgehead atoms. The highest BCUT2D eigenvalue weighted by Crippen LogP contribution is 2.34. The summed E-state index contributed by atoms with van der Waals surface area (Å²) in [7, 11) is 0. The largest absolute Gasteiger partial charge is 0.330 e. The minimum atomic E-state index is -0.0313. The van der Waals surface area contributed by atoms with Gasteiger partial charge in [0.2, 0.25) is 0 Å². The number of pyridine rings is 1. The van der Waals surface area contributed by atoms with Gasteiger partial charge in [0, 0.05) is 30.5 Å².